The normalized spacial score (nSPS) is 13.2. The fourth-order valence-electron chi connectivity index (χ4n) is 2.21. The van der Waals surface area contributed by atoms with Gasteiger partial charge in [0.1, 0.15) is 0 Å². The Morgan fingerprint density at radius 2 is 1.41 bits per heavy atom. The third kappa shape index (κ3) is 15.4. The van der Waals surface area contributed by atoms with Crippen molar-refractivity contribution in [3.63, 3.8) is 0 Å². The molecule has 0 unspecified atom stereocenters. The monoisotopic (exact) mass is 337 g/mol. The van der Waals surface area contributed by atoms with Gasteiger partial charge in [0.2, 0.25) is 0 Å². The Labute approximate surface area is 153 Å². The van der Waals surface area contributed by atoms with Gasteiger partial charge in [-0.1, -0.05) is 39.3 Å². The van der Waals surface area contributed by atoms with Gasteiger partial charge < -0.3 is 9.47 Å². The molecule has 22 heavy (non-hydrogen) atoms. The average Bonchev–Trinajstić information content (AvgIpc) is 2.28. The summed E-state index contributed by atoms with van der Waals surface area (Å²) in [7, 11) is 1.11. The maximum Gasteiger partial charge on any atom is 1.00 e. The van der Waals surface area contributed by atoms with Crippen LogP contribution < -0.4 is 18.9 Å². The van der Waals surface area contributed by atoms with Crippen LogP contribution in [0, 0.1) is 6.04 Å². The first-order chi connectivity index (χ1) is 9.57. The molecule has 0 rings (SSSR count). The van der Waals surface area contributed by atoms with Gasteiger partial charge in [-0.3, -0.25) is 4.90 Å². The molecule has 0 aliphatic rings. The van der Waals surface area contributed by atoms with Crippen molar-refractivity contribution in [1.29, 1.82) is 0 Å². The largest absolute Gasteiger partial charge is 1.00 e. The molecule has 0 bridgehead atoms. The molecular formula is C16H36LiNO2Si2. The van der Waals surface area contributed by atoms with Crippen LogP contribution >= 0.6 is 0 Å². The van der Waals surface area contributed by atoms with Crippen molar-refractivity contribution in [3.8, 4) is 0 Å². The molecule has 0 N–H and O–H groups in total. The van der Waals surface area contributed by atoms with E-state index in [1.807, 2.05) is 0 Å². The molecule has 0 aromatic heterocycles. The number of rotatable bonds is 11. The molecule has 6 heteroatoms. The molecule has 0 atom stereocenters. The molecule has 126 valence electrons. The van der Waals surface area contributed by atoms with Crippen molar-refractivity contribution >= 4 is 16.1 Å². The van der Waals surface area contributed by atoms with E-state index in [1.165, 1.54) is 5.57 Å². The van der Waals surface area contributed by atoms with Crippen LogP contribution in [0.3, 0.4) is 0 Å². The van der Waals surface area contributed by atoms with E-state index in [1.54, 1.807) is 14.2 Å². The summed E-state index contributed by atoms with van der Waals surface area (Å²) in [6.07, 6.45) is 0. The van der Waals surface area contributed by atoms with Gasteiger partial charge in [-0.2, -0.15) is 0 Å². The first-order valence-corrected chi connectivity index (χ1v) is 15.0. The van der Waals surface area contributed by atoms with Gasteiger partial charge in [-0.05, 0) is 22.7 Å². The van der Waals surface area contributed by atoms with E-state index in [0.717, 1.165) is 32.8 Å². The second-order valence-electron chi connectivity index (χ2n) is 7.86. The fourth-order valence-corrected chi connectivity index (χ4v) is 4.95. The standard InChI is InChI=1S/C16H36NO2Si2.Li/c1-18-11-9-17(10-12-19-2)13-16(14-20(3,4)5)15-21(6,7)8;/h14-15H,9-13H2,1-8H3;/q-1;+1/b16-14+;. The van der Waals surface area contributed by atoms with Crippen molar-refractivity contribution in [2.45, 2.75) is 39.3 Å². The van der Waals surface area contributed by atoms with E-state index in [9.17, 15) is 0 Å². The van der Waals surface area contributed by atoms with E-state index >= 15 is 0 Å². The summed E-state index contributed by atoms with van der Waals surface area (Å²) in [5.41, 5.74) is 4.07. The number of nitrogens with zero attached hydrogens (tertiary/aromatic N) is 1. The molecule has 0 aromatic carbocycles. The van der Waals surface area contributed by atoms with Gasteiger partial charge in [-0.25, -0.2) is 17.3 Å². The summed E-state index contributed by atoms with van der Waals surface area (Å²) in [5, 5.41) is 0. The van der Waals surface area contributed by atoms with E-state index in [2.05, 4.69) is 55.9 Å². The number of methoxy groups -OCH3 is 2. The van der Waals surface area contributed by atoms with Crippen LogP contribution in [0.1, 0.15) is 0 Å². The maximum atomic E-state index is 5.24. The molecule has 3 nitrogen and oxygen atoms in total. The van der Waals surface area contributed by atoms with Gasteiger partial charge in [0.15, 0.2) is 0 Å². The SMILES string of the molecule is COCCN(CCOC)C/C(=C\[Si](C)(C)C)[CH-][Si](C)(C)C.[Li+]. The van der Waals surface area contributed by atoms with Crippen molar-refractivity contribution < 1.29 is 28.3 Å². The van der Waals surface area contributed by atoms with E-state index in [4.69, 9.17) is 9.47 Å². The van der Waals surface area contributed by atoms with Crippen molar-refractivity contribution in [3.05, 3.63) is 17.3 Å². The molecule has 0 fully saturated rings. The molecule has 0 saturated carbocycles. The third-order valence-corrected chi connectivity index (χ3v) is 5.34. The van der Waals surface area contributed by atoms with Crippen LogP contribution in [0.4, 0.5) is 0 Å². The minimum atomic E-state index is -1.21. The summed E-state index contributed by atoms with van der Waals surface area (Å²) < 4.78 is 10.5. The van der Waals surface area contributed by atoms with Crippen molar-refractivity contribution in [2.75, 3.05) is 47.1 Å². The quantitative estimate of drug-likeness (QED) is 0.404. The topological polar surface area (TPSA) is 21.7 Å². The molecular weight excluding hydrogens is 301 g/mol. The summed E-state index contributed by atoms with van der Waals surface area (Å²) >= 11 is 0. The fraction of sp³-hybridized carbons (Fsp3) is 0.812. The van der Waals surface area contributed by atoms with Crippen LogP contribution in [-0.4, -0.2) is 68.1 Å². The first kappa shape index (κ1) is 24.8. The Bertz CT molecular complexity index is 304. The van der Waals surface area contributed by atoms with Crippen LogP contribution in [0.25, 0.3) is 0 Å². The molecule has 0 aliphatic heterocycles. The predicted octanol–water partition coefficient (Wildman–Crippen LogP) is 0.471. The second kappa shape index (κ2) is 12.0. The summed E-state index contributed by atoms with van der Waals surface area (Å²) in [5.74, 6) is 0. The van der Waals surface area contributed by atoms with Crippen molar-refractivity contribution in [1.82, 2.24) is 4.90 Å². The third-order valence-electron chi connectivity index (χ3n) is 2.87. The Kier molecular flexibility index (Phi) is 13.5. The van der Waals surface area contributed by atoms with E-state index in [0.29, 0.717) is 0 Å². The van der Waals surface area contributed by atoms with Crippen LogP contribution in [-0.2, 0) is 9.47 Å². The smallest absolute Gasteiger partial charge is 0.383 e. The van der Waals surface area contributed by atoms with Gasteiger partial charge in [0.25, 0.3) is 0 Å². The van der Waals surface area contributed by atoms with Crippen LogP contribution in [0.2, 0.25) is 39.3 Å². The predicted molar refractivity (Wildman–Crippen MR) is 99.3 cm³/mol. The zero-order chi connectivity index (χ0) is 16.5. The van der Waals surface area contributed by atoms with Gasteiger partial charge in [-0.15, -0.1) is 0 Å². The minimum absolute atomic E-state index is 0. The molecule has 0 saturated heterocycles. The van der Waals surface area contributed by atoms with Crippen molar-refractivity contribution in [2.24, 2.45) is 0 Å². The van der Waals surface area contributed by atoms with Gasteiger partial charge >= 0.3 is 18.9 Å². The molecule has 0 amide bonds. The zero-order valence-corrected chi connectivity index (χ0v) is 18.5. The van der Waals surface area contributed by atoms with E-state index < -0.39 is 16.1 Å². The van der Waals surface area contributed by atoms with E-state index in [-0.39, 0.29) is 18.9 Å². The van der Waals surface area contributed by atoms with Gasteiger partial charge in [0, 0.05) is 27.3 Å². The molecule has 0 aliphatic carbocycles. The zero-order valence-electron chi connectivity index (χ0n) is 16.5. The number of hydrogen-bond acceptors (Lipinski definition) is 3. The summed E-state index contributed by atoms with van der Waals surface area (Å²) in [4.78, 5) is 2.44. The molecule has 0 heterocycles. The van der Waals surface area contributed by atoms with Crippen LogP contribution in [0.5, 0.6) is 0 Å². The minimum Gasteiger partial charge on any atom is -0.383 e. The number of hydrogen-bond donors (Lipinski definition) is 0. The molecule has 0 spiro atoms. The Morgan fingerprint density at radius 1 is 0.955 bits per heavy atom. The molecule has 0 aromatic rings. The van der Waals surface area contributed by atoms with Crippen LogP contribution in [0.15, 0.2) is 11.3 Å². The summed E-state index contributed by atoms with van der Waals surface area (Å²) in [6, 6.07) is 2.55. The van der Waals surface area contributed by atoms with Gasteiger partial charge in [0.05, 0.1) is 13.2 Å². The number of ether oxygens (including phenoxy) is 2. The Morgan fingerprint density at radius 3 is 1.73 bits per heavy atom. The first-order valence-electron chi connectivity index (χ1n) is 7.85. The average molecular weight is 338 g/mol. The Hall–Kier alpha value is 0.521. The second-order valence-corrected chi connectivity index (χ2v) is 17.9. The maximum absolute atomic E-state index is 5.24. The Balaban J connectivity index is 0. The summed E-state index contributed by atoms with van der Waals surface area (Å²) in [6.45, 7) is 18.9. The molecule has 0 radical (unpaired) electrons.